The molecule has 4 rings (SSSR count). The summed E-state index contributed by atoms with van der Waals surface area (Å²) < 4.78 is 12.2. The molecule has 1 N–H and O–H groups in total. The molecule has 31 heavy (non-hydrogen) atoms. The summed E-state index contributed by atoms with van der Waals surface area (Å²) in [5.41, 5.74) is 2.44. The molecule has 0 saturated heterocycles. The van der Waals surface area contributed by atoms with E-state index < -0.39 is 11.9 Å². The van der Waals surface area contributed by atoms with Crippen molar-refractivity contribution in [2.45, 2.75) is 62.8 Å². The number of ether oxygens (including phenoxy) is 1. The van der Waals surface area contributed by atoms with E-state index >= 15 is 0 Å². The lowest BCUT2D eigenvalue weighted by Crippen LogP contribution is -2.38. The average Bonchev–Trinajstić information content (AvgIpc) is 3.28. The minimum Gasteiger partial charge on any atom is -0.463 e. The first-order valence-corrected chi connectivity index (χ1v) is 11.8. The van der Waals surface area contributed by atoms with Crippen LogP contribution in [0.15, 0.2) is 48.5 Å². The van der Waals surface area contributed by atoms with E-state index in [2.05, 4.69) is 29.4 Å². The Balaban J connectivity index is 1.76. The van der Waals surface area contributed by atoms with Gasteiger partial charge in [0.1, 0.15) is 10.8 Å². The Morgan fingerprint density at radius 3 is 2.77 bits per heavy atom. The van der Waals surface area contributed by atoms with Crippen molar-refractivity contribution in [3.8, 4) is 0 Å². The molecule has 0 aromatic carbocycles. The van der Waals surface area contributed by atoms with Gasteiger partial charge in [-0.2, -0.15) is 0 Å². The zero-order chi connectivity index (χ0) is 22.3. The van der Waals surface area contributed by atoms with Gasteiger partial charge in [0.05, 0.1) is 18.1 Å². The predicted molar refractivity (Wildman–Crippen MR) is 118 cm³/mol. The Morgan fingerprint density at radius 1 is 1.32 bits per heavy atom. The van der Waals surface area contributed by atoms with Crippen molar-refractivity contribution in [1.82, 2.24) is 15.5 Å². The summed E-state index contributed by atoms with van der Waals surface area (Å²) in [7, 11) is 0. The molecule has 3 heterocycles. The molecular formula is C22H25N3O4S2. The number of ketones is 1. The van der Waals surface area contributed by atoms with Gasteiger partial charge in [-0.1, -0.05) is 25.2 Å². The second-order valence-electron chi connectivity index (χ2n) is 8.50. The topological polar surface area (TPSA) is 94.3 Å². The molecular weight excluding hydrogens is 434 g/mol. The minimum atomic E-state index is -0.593. The second kappa shape index (κ2) is 8.27. The number of allylic oxidation sites excluding steroid dienone is 3. The first-order chi connectivity index (χ1) is 14.7. The van der Waals surface area contributed by atoms with Gasteiger partial charge in [0.2, 0.25) is 0 Å². The van der Waals surface area contributed by atoms with Crippen LogP contribution in [0.2, 0.25) is 0 Å². The van der Waals surface area contributed by atoms with Crippen LogP contribution in [-0.4, -0.2) is 28.6 Å². The molecule has 0 fully saturated rings. The third-order valence-electron chi connectivity index (χ3n) is 5.32. The first kappa shape index (κ1) is 21.8. The summed E-state index contributed by atoms with van der Waals surface area (Å²) in [5.74, 6) is -0.451. The van der Waals surface area contributed by atoms with Crippen molar-refractivity contribution in [3.63, 3.8) is 0 Å². The highest BCUT2D eigenvalue weighted by Gasteiger charge is 2.44. The molecule has 1 aliphatic heterocycles. The van der Waals surface area contributed by atoms with Gasteiger partial charge < -0.3 is 14.5 Å². The summed E-state index contributed by atoms with van der Waals surface area (Å²) in [6, 6.07) is 3.67. The summed E-state index contributed by atoms with van der Waals surface area (Å²) in [4.78, 5) is 26.1. The highest BCUT2D eigenvalue weighted by Crippen LogP contribution is 2.47. The Kier molecular flexibility index (Phi) is 5.83. The van der Waals surface area contributed by atoms with Crippen molar-refractivity contribution in [3.05, 3.63) is 45.4 Å². The van der Waals surface area contributed by atoms with E-state index in [-0.39, 0.29) is 17.8 Å². The largest absolute Gasteiger partial charge is 0.463 e. The Morgan fingerprint density at radius 2 is 2.10 bits per heavy atom. The maximum Gasteiger partial charge on any atom is 0.336 e. The van der Waals surface area contributed by atoms with Crippen LogP contribution in [-0.2, 0) is 14.3 Å². The number of carbonyl (C=O) groups is 2. The van der Waals surface area contributed by atoms with E-state index in [0.29, 0.717) is 34.1 Å². The number of Topliss-reactive ketones (excluding diaryl/α,β-unsaturated/α-hetero) is 1. The number of esters is 1. The van der Waals surface area contributed by atoms with Gasteiger partial charge in [-0.05, 0) is 56.5 Å². The smallest absolute Gasteiger partial charge is 0.336 e. The molecule has 0 radical (unpaired) electrons. The molecule has 0 bridgehead atoms. The van der Waals surface area contributed by atoms with Crippen LogP contribution < -0.4 is 5.32 Å². The van der Waals surface area contributed by atoms with Gasteiger partial charge in [0.25, 0.3) is 0 Å². The standard InChI is InChI=1S/C22H25N3O4S2/c1-6-28-20(27)17-11(2)23-13-9-22(4,5)10-14(26)18(13)19(17)15-7-8-16(29-15)31-21-25-24-12(3)30-21/h7-8,19,23H,6,9-10H2,1-5H3. The Labute approximate surface area is 189 Å². The fourth-order valence-electron chi connectivity index (χ4n) is 4.15. The third kappa shape index (κ3) is 4.34. The molecule has 1 unspecified atom stereocenters. The van der Waals surface area contributed by atoms with Gasteiger partial charge >= 0.3 is 5.97 Å². The number of hydrogen-bond donors (Lipinski definition) is 1. The van der Waals surface area contributed by atoms with Crippen LogP contribution in [0.4, 0.5) is 0 Å². The summed E-state index contributed by atoms with van der Waals surface area (Å²) in [6.45, 7) is 9.92. The number of nitrogens with one attached hydrogen (secondary N) is 1. The van der Waals surface area contributed by atoms with E-state index in [1.165, 1.54) is 23.1 Å². The molecule has 0 spiro atoms. The lowest BCUT2D eigenvalue weighted by molar-refractivity contribution is -0.138. The number of carbonyl (C=O) groups excluding carboxylic acids is 2. The molecule has 0 saturated carbocycles. The number of hydrogen-bond acceptors (Lipinski definition) is 9. The first-order valence-electron chi connectivity index (χ1n) is 10.2. The number of furan rings is 1. The maximum atomic E-state index is 13.2. The van der Waals surface area contributed by atoms with E-state index in [0.717, 1.165) is 21.5 Å². The van der Waals surface area contributed by atoms with Gasteiger partial charge in [0, 0.05) is 23.4 Å². The van der Waals surface area contributed by atoms with Crippen molar-refractivity contribution in [1.29, 1.82) is 0 Å². The zero-order valence-electron chi connectivity index (χ0n) is 18.2. The fraction of sp³-hybridized carbons (Fsp3) is 0.455. The normalized spacial score (nSPS) is 20.5. The molecule has 1 atom stereocenters. The quantitative estimate of drug-likeness (QED) is 0.640. The van der Waals surface area contributed by atoms with Crippen LogP contribution in [0.25, 0.3) is 0 Å². The predicted octanol–water partition coefficient (Wildman–Crippen LogP) is 4.76. The van der Waals surface area contributed by atoms with Crippen LogP contribution in [0.1, 0.15) is 57.2 Å². The van der Waals surface area contributed by atoms with Gasteiger partial charge in [0.15, 0.2) is 15.2 Å². The van der Waals surface area contributed by atoms with E-state index in [9.17, 15) is 9.59 Å². The van der Waals surface area contributed by atoms with E-state index in [1.54, 1.807) is 6.92 Å². The fourth-order valence-corrected chi connectivity index (χ4v) is 5.87. The molecule has 0 amide bonds. The maximum absolute atomic E-state index is 13.2. The number of aryl methyl sites for hydroxylation is 1. The number of aromatic nitrogens is 2. The Hall–Kier alpha value is -2.39. The summed E-state index contributed by atoms with van der Waals surface area (Å²) >= 11 is 2.86. The molecule has 1 aliphatic carbocycles. The van der Waals surface area contributed by atoms with Crippen LogP contribution in [0.3, 0.4) is 0 Å². The lowest BCUT2D eigenvalue weighted by atomic mass is 9.69. The zero-order valence-corrected chi connectivity index (χ0v) is 19.8. The molecule has 7 nitrogen and oxygen atoms in total. The third-order valence-corrected chi connectivity index (χ3v) is 7.13. The average molecular weight is 460 g/mol. The highest BCUT2D eigenvalue weighted by atomic mass is 32.2. The van der Waals surface area contributed by atoms with Crippen molar-refractivity contribution in [2.75, 3.05) is 6.61 Å². The number of rotatable bonds is 5. The van der Waals surface area contributed by atoms with Crippen molar-refractivity contribution < 1.29 is 18.7 Å². The van der Waals surface area contributed by atoms with Crippen LogP contribution in [0.5, 0.6) is 0 Å². The SMILES string of the molecule is CCOC(=O)C1=C(C)NC2=C(C(=O)CC(C)(C)C2)C1c1ccc(Sc2nnc(C)s2)o1. The summed E-state index contributed by atoms with van der Waals surface area (Å²) in [6.07, 6.45) is 1.15. The van der Waals surface area contributed by atoms with E-state index in [1.807, 2.05) is 26.0 Å². The van der Waals surface area contributed by atoms with Crippen LogP contribution >= 0.6 is 23.1 Å². The van der Waals surface area contributed by atoms with Gasteiger partial charge in [-0.15, -0.1) is 10.2 Å². The lowest BCUT2D eigenvalue weighted by Gasteiger charge is -2.38. The number of nitrogens with zero attached hydrogens (tertiary/aromatic N) is 2. The molecule has 2 aromatic rings. The highest BCUT2D eigenvalue weighted by molar-refractivity contribution is 8.00. The Bertz CT molecular complexity index is 1110. The summed E-state index contributed by atoms with van der Waals surface area (Å²) in [5, 5.41) is 13.0. The van der Waals surface area contributed by atoms with Gasteiger partial charge in [-0.25, -0.2) is 4.79 Å². The number of dihydropyridines is 1. The van der Waals surface area contributed by atoms with Gasteiger partial charge in [-0.3, -0.25) is 4.79 Å². The van der Waals surface area contributed by atoms with Crippen LogP contribution in [0, 0.1) is 12.3 Å². The van der Waals surface area contributed by atoms with Crippen molar-refractivity contribution >= 4 is 34.9 Å². The molecule has 9 heteroatoms. The molecule has 2 aromatic heterocycles. The second-order valence-corrected chi connectivity index (χ2v) is 10.9. The van der Waals surface area contributed by atoms with E-state index in [4.69, 9.17) is 9.15 Å². The molecule has 2 aliphatic rings. The van der Waals surface area contributed by atoms with Crippen molar-refractivity contribution in [2.24, 2.45) is 5.41 Å². The minimum absolute atomic E-state index is 0.0309. The molecule has 164 valence electrons. The monoisotopic (exact) mass is 459 g/mol.